The van der Waals surface area contributed by atoms with Crippen LogP contribution in [-0.2, 0) is 14.1 Å². The molecule has 7 nitrogen and oxygen atoms in total. The first-order valence-corrected chi connectivity index (χ1v) is 8.53. The van der Waals surface area contributed by atoms with Crippen LogP contribution in [0.15, 0.2) is 64.4 Å². The summed E-state index contributed by atoms with van der Waals surface area (Å²) >= 11 is 0. The molecule has 1 unspecified atom stereocenters. The minimum Gasteiger partial charge on any atom is -0.859 e. The van der Waals surface area contributed by atoms with Crippen molar-refractivity contribution >= 4 is 5.69 Å². The Morgan fingerprint density at radius 1 is 0.963 bits per heavy atom. The number of rotatable bonds is 4. The summed E-state index contributed by atoms with van der Waals surface area (Å²) in [5, 5.41) is 12.9. The van der Waals surface area contributed by atoms with E-state index in [2.05, 4.69) is 0 Å². The highest BCUT2D eigenvalue weighted by Crippen LogP contribution is 2.23. The normalized spacial score (nSPS) is 12.0. The van der Waals surface area contributed by atoms with Crippen LogP contribution in [0.1, 0.15) is 17.2 Å². The predicted octanol–water partition coefficient (Wildman–Crippen LogP) is 0.149. The van der Waals surface area contributed by atoms with Gasteiger partial charge in [-0.15, -0.1) is 0 Å². The van der Waals surface area contributed by atoms with Crippen molar-refractivity contribution in [1.82, 2.24) is 9.13 Å². The standard InChI is InChI=1S/C20H22N4O3/c1-21(2)15-10-12-24(13-11-15)17(14-8-6-5-7-9-14)16-18(25)22(3)20(27)23(4)19(16)26/h5-13,17H,1-4H3. The zero-order valence-electron chi connectivity index (χ0n) is 15.8. The first-order valence-electron chi connectivity index (χ1n) is 8.53. The van der Waals surface area contributed by atoms with Gasteiger partial charge in [-0.1, -0.05) is 30.3 Å². The van der Waals surface area contributed by atoms with Gasteiger partial charge in [0.1, 0.15) is 0 Å². The highest BCUT2D eigenvalue weighted by atomic mass is 16.3. The molecule has 1 aromatic carbocycles. The molecular weight excluding hydrogens is 344 g/mol. The first kappa shape index (κ1) is 18.4. The van der Waals surface area contributed by atoms with Crippen LogP contribution in [-0.4, -0.2) is 23.2 Å². The van der Waals surface area contributed by atoms with Crippen molar-refractivity contribution in [1.29, 1.82) is 0 Å². The average molecular weight is 366 g/mol. The van der Waals surface area contributed by atoms with E-state index in [-0.39, 0.29) is 5.56 Å². The van der Waals surface area contributed by atoms with E-state index >= 15 is 0 Å². The third-order valence-electron chi connectivity index (χ3n) is 4.68. The summed E-state index contributed by atoms with van der Waals surface area (Å²) in [7, 11) is 6.64. The Hall–Kier alpha value is -3.35. The molecule has 0 aliphatic rings. The van der Waals surface area contributed by atoms with Crippen molar-refractivity contribution in [3.8, 4) is 5.88 Å². The highest BCUT2D eigenvalue weighted by molar-refractivity contribution is 5.42. The van der Waals surface area contributed by atoms with E-state index in [1.54, 1.807) is 0 Å². The van der Waals surface area contributed by atoms with Gasteiger partial charge in [-0.3, -0.25) is 9.36 Å². The summed E-state index contributed by atoms with van der Waals surface area (Å²) in [5.41, 5.74) is 0.602. The Bertz CT molecular complexity index is 1070. The monoisotopic (exact) mass is 366 g/mol. The van der Waals surface area contributed by atoms with E-state index in [1.807, 2.05) is 78.4 Å². The van der Waals surface area contributed by atoms with Gasteiger partial charge in [0.15, 0.2) is 12.4 Å². The summed E-state index contributed by atoms with van der Waals surface area (Å²) in [6.07, 6.45) is 3.66. The van der Waals surface area contributed by atoms with E-state index in [0.29, 0.717) is 0 Å². The molecular formula is C20H22N4O3. The summed E-state index contributed by atoms with van der Waals surface area (Å²) in [6, 6.07) is 12.5. The number of pyridine rings is 1. The fourth-order valence-electron chi connectivity index (χ4n) is 3.11. The van der Waals surface area contributed by atoms with E-state index in [0.717, 1.165) is 20.4 Å². The molecule has 0 radical (unpaired) electrons. The summed E-state index contributed by atoms with van der Waals surface area (Å²) in [5.74, 6) is -0.582. The Kier molecular flexibility index (Phi) is 4.85. The van der Waals surface area contributed by atoms with Gasteiger partial charge in [-0.2, -0.15) is 4.57 Å². The molecule has 3 aromatic rings. The van der Waals surface area contributed by atoms with Crippen LogP contribution in [0.25, 0.3) is 0 Å². The molecule has 27 heavy (non-hydrogen) atoms. The molecule has 0 N–H and O–H groups in total. The van der Waals surface area contributed by atoms with Crippen molar-refractivity contribution < 1.29 is 9.67 Å². The lowest BCUT2D eigenvalue weighted by atomic mass is 9.99. The molecule has 0 fully saturated rings. The van der Waals surface area contributed by atoms with Gasteiger partial charge >= 0.3 is 5.69 Å². The summed E-state index contributed by atoms with van der Waals surface area (Å²) < 4.78 is 3.76. The zero-order chi connectivity index (χ0) is 19.7. The van der Waals surface area contributed by atoms with Gasteiger partial charge in [0.2, 0.25) is 6.04 Å². The van der Waals surface area contributed by atoms with Gasteiger partial charge < -0.3 is 14.6 Å². The lowest BCUT2D eigenvalue weighted by Gasteiger charge is -2.22. The minimum absolute atomic E-state index is 0.0356. The maximum atomic E-state index is 12.9. The maximum absolute atomic E-state index is 12.9. The SMILES string of the molecule is CN(C)c1cc[n+](C(c2ccccc2)c2c([O-])n(C)c(=O)n(C)c2=O)cc1. The molecule has 140 valence electrons. The fourth-order valence-corrected chi connectivity index (χ4v) is 3.11. The topological polar surface area (TPSA) is 74.2 Å². The molecule has 1 atom stereocenters. The molecule has 0 amide bonds. The molecule has 7 heteroatoms. The van der Waals surface area contributed by atoms with E-state index in [9.17, 15) is 14.7 Å². The number of benzene rings is 1. The molecule has 0 saturated carbocycles. The zero-order valence-corrected chi connectivity index (χ0v) is 15.8. The molecule has 3 rings (SSSR count). The van der Waals surface area contributed by atoms with Gasteiger partial charge in [0.25, 0.3) is 5.56 Å². The van der Waals surface area contributed by atoms with Crippen molar-refractivity contribution in [3.63, 3.8) is 0 Å². The molecule has 2 heterocycles. The summed E-state index contributed by atoms with van der Waals surface area (Å²) in [6.45, 7) is 0. The predicted molar refractivity (Wildman–Crippen MR) is 101 cm³/mol. The van der Waals surface area contributed by atoms with Crippen molar-refractivity contribution in [2.75, 3.05) is 19.0 Å². The summed E-state index contributed by atoms with van der Waals surface area (Å²) in [4.78, 5) is 26.9. The van der Waals surface area contributed by atoms with Gasteiger partial charge in [-0.25, -0.2) is 4.79 Å². The number of aromatic nitrogens is 3. The quantitative estimate of drug-likeness (QED) is 0.616. The van der Waals surface area contributed by atoms with Crippen LogP contribution >= 0.6 is 0 Å². The largest absolute Gasteiger partial charge is 0.859 e. The first-order chi connectivity index (χ1) is 12.8. The van der Waals surface area contributed by atoms with Gasteiger partial charge in [0.05, 0.1) is 5.56 Å². The third-order valence-corrected chi connectivity index (χ3v) is 4.68. The molecule has 2 aromatic heterocycles. The Balaban J connectivity index is 2.30. The van der Waals surface area contributed by atoms with Gasteiger partial charge in [0, 0.05) is 51.6 Å². The lowest BCUT2D eigenvalue weighted by Crippen LogP contribution is -2.48. The second-order valence-corrected chi connectivity index (χ2v) is 6.64. The van der Waals surface area contributed by atoms with Crippen LogP contribution in [0.2, 0.25) is 0 Å². The number of nitrogens with zero attached hydrogens (tertiary/aromatic N) is 4. The van der Waals surface area contributed by atoms with E-state index in [1.165, 1.54) is 14.1 Å². The number of hydrogen-bond donors (Lipinski definition) is 0. The molecule has 0 aliphatic heterocycles. The van der Waals surface area contributed by atoms with E-state index < -0.39 is 23.2 Å². The van der Waals surface area contributed by atoms with Gasteiger partial charge in [-0.05, 0) is 5.88 Å². The highest BCUT2D eigenvalue weighted by Gasteiger charge is 2.29. The Labute approximate surface area is 157 Å². The average Bonchev–Trinajstić information content (AvgIpc) is 2.69. The van der Waals surface area contributed by atoms with Crippen LogP contribution in [0.4, 0.5) is 5.69 Å². The molecule has 0 saturated heterocycles. The van der Waals surface area contributed by atoms with Crippen LogP contribution in [0, 0.1) is 0 Å². The number of hydrogen-bond acceptors (Lipinski definition) is 4. The van der Waals surface area contributed by atoms with Crippen molar-refractivity contribution in [3.05, 3.63) is 86.8 Å². The minimum atomic E-state index is -0.639. The maximum Gasteiger partial charge on any atom is 0.329 e. The second-order valence-electron chi connectivity index (χ2n) is 6.64. The van der Waals surface area contributed by atoms with Crippen LogP contribution in [0.3, 0.4) is 0 Å². The molecule has 0 spiro atoms. The smallest absolute Gasteiger partial charge is 0.329 e. The molecule has 0 aliphatic carbocycles. The third kappa shape index (κ3) is 3.23. The van der Waals surface area contributed by atoms with Crippen LogP contribution < -0.4 is 25.8 Å². The van der Waals surface area contributed by atoms with Crippen molar-refractivity contribution in [2.24, 2.45) is 14.1 Å². The second kappa shape index (κ2) is 7.11. The lowest BCUT2D eigenvalue weighted by molar-refractivity contribution is -0.705. The number of anilines is 1. The Morgan fingerprint density at radius 2 is 1.56 bits per heavy atom. The fraction of sp³-hybridized carbons (Fsp3) is 0.250. The Morgan fingerprint density at radius 3 is 2.11 bits per heavy atom. The van der Waals surface area contributed by atoms with Crippen LogP contribution in [0.5, 0.6) is 5.88 Å². The van der Waals surface area contributed by atoms with E-state index in [4.69, 9.17) is 0 Å². The molecule has 0 bridgehead atoms. The van der Waals surface area contributed by atoms with Crippen molar-refractivity contribution in [2.45, 2.75) is 6.04 Å².